The number of nitrogens with zero attached hydrogens (tertiary/aromatic N) is 2. The highest BCUT2D eigenvalue weighted by atomic mass is 35.5. The molecule has 0 spiro atoms. The topological polar surface area (TPSA) is 66.9 Å². The molecule has 2 aromatic carbocycles. The van der Waals surface area contributed by atoms with Gasteiger partial charge in [-0.15, -0.1) is 11.3 Å². The molecular weight excluding hydrogens is 475 g/mol. The highest BCUT2D eigenvalue weighted by Gasteiger charge is 2.30. The predicted molar refractivity (Wildman–Crippen MR) is 122 cm³/mol. The smallest absolute Gasteiger partial charge is 0.258 e. The molecule has 168 valence electrons. The Hall–Kier alpha value is -2.30. The summed E-state index contributed by atoms with van der Waals surface area (Å²) in [4.78, 5) is 15.8. The van der Waals surface area contributed by atoms with Crippen LogP contribution < -0.4 is 4.90 Å². The van der Waals surface area contributed by atoms with Crippen molar-refractivity contribution in [2.45, 2.75) is 11.4 Å². The number of benzene rings is 2. The van der Waals surface area contributed by atoms with Crippen LogP contribution in [-0.2, 0) is 21.3 Å². The summed E-state index contributed by atoms with van der Waals surface area (Å²) in [5.74, 6) is -0.831. The van der Waals surface area contributed by atoms with Crippen LogP contribution in [0.15, 0.2) is 64.9 Å². The lowest BCUT2D eigenvalue weighted by Gasteiger charge is -2.27. The molecule has 10 heteroatoms. The molecule has 0 N–H and O–H groups in total. The van der Waals surface area contributed by atoms with Crippen molar-refractivity contribution < 1.29 is 22.3 Å². The molecule has 1 fully saturated rings. The van der Waals surface area contributed by atoms with Gasteiger partial charge in [-0.25, -0.2) is 12.8 Å². The van der Waals surface area contributed by atoms with E-state index in [1.807, 2.05) is 17.5 Å². The highest BCUT2D eigenvalue weighted by molar-refractivity contribution is 7.89. The molecule has 4 rings (SSSR count). The lowest BCUT2D eigenvalue weighted by molar-refractivity contribution is 0.0730. The van der Waals surface area contributed by atoms with E-state index in [2.05, 4.69) is 0 Å². The van der Waals surface area contributed by atoms with Gasteiger partial charge in [0, 0.05) is 29.2 Å². The summed E-state index contributed by atoms with van der Waals surface area (Å²) in [6.07, 6.45) is 0. The van der Waals surface area contributed by atoms with Crippen LogP contribution in [-0.4, -0.2) is 44.9 Å². The van der Waals surface area contributed by atoms with Gasteiger partial charge in [-0.05, 0) is 53.9 Å². The van der Waals surface area contributed by atoms with Crippen molar-refractivity contribution in [2.75, 3.05) is 31.2 Å². The Balaban J connectivity index is 1.71. The third-order valence-electron chi connectivity index (χ3n) is 5.04. The van der Waals surface area contributed by atoms with E-state index in [4.69, 9.17) is 16.3 Å². The quantitative estimate of drug-likeness (QED) is 0.509. The molecule has 0 aliphatic carbocycles. The normalized spacial score (nSPS) is 14.9. The zero-order chi connectivity index (χ0) is 22.7. The van der Waals surface area contributed by atoms with Crippen LogP contribution in [0.4, 0.5) is 10.1 Å². The van der Waals surface area contributed by atoms with Crippen molar-refractivity contribution in [3.63, 3.8) is 0 Å². The van der Waals surface area contributed by atoms with Gasteiger partial charge >= 0.3 is 0 Å². The number of halogens is 2. The molecule has 1 aromatic heterocycles. The molecule has 1 aliphatic rings. The van der Waals surface area contributed by atoms with Crippen molar-refractivity contribution in [1.82, 2.24) is 4.31 Å². The van der Waals surface area contributed by atoms with Crippen LogP contribution in [0, 0.1) is 5.82 Å². The van der Waals surface area contributed by atoms with Crippen LogP contribution >= 0.6 is 22.9 Å². The Morgan fingerprint density at radius 2 is 1.84 bits per heavy atom. The predicted octanol–water partition coefficient (Wildman–Crippen LogP) is 4.41. The number of hydrogen-bond acceptors (Lipinski definition) is 5. The molecule has 0 atom stereocenters. The van der Waals surface area contributed by atoms with E-state index in [-0.39, 0.29) is 35.1 Å². The van der Waals surface area contributed by atoms with Crippen molar-refractivity contribution in [3.05, 3.63) is 81.3 Å². The maximum atomic E-state index is 13.5. The fraction of sp³-hybridized carbons (Fsp3) is 0.227. The Labute approximate surface area is 194 Å². The Morgan fingerprint density at radius 3 is 2.50 bits per heavy atom. The molecule has 0 unspecified atom stereocenters. The van der Waals surface area contributed by atoms with Crippen LogP contribution in [0.1, 0.15) is 15.2 Å². The molecule has 2 heterocycles. The molecule has 6 nitrogen and oxygen atoms in total. The van der Waals surface area contributed by atoms with E-state index in [9.17, 15) is 17.6 Å². The maximum absolute atomic E-state index is 13.5. The van der Waals surface area contributed by atoms with E-state index < -0.39 is 21.7 Å². The van der Waals surface area contributed by atoms with Gasteiger partial charge in [0.1, 0.15) is 10.7 Å². The van der Waals surface area contributed by atoms with Gasteiger partial charge in [0.15, 0.2) is 0 Å². The number of sulfonamides is 1. The first-order chi connectivity index (χ1) is 15.4. The number of amides is 1. The first-order valence-corrected chi connectivity index (χ1v) is 12.5. The van der Waals surface area contributed by atoms with Crippen LogP contribution in [0.25, 0.3) is 0 Å². The van der Waals surface area contributed by atoms with E-state index in [1.54, 1.807) is 0 Å². The average molecular weight is 495 g/mol. The molecule has 1 amide bonds. The Kier molecular flexibility index (Phi) is 6.92. The summed E-state index contributed by atoms with van der Waals surface area (Å²) >= 11 is 7.72. The minimum absolute atomic E-state index is 0.0413. The van der Waals surface area contributed by atoms with Gasteiger partial charge in [-0.2, -0.15) is 4.31 Å². The molecule has 32 heavy (non-hydrogen) atoms. The second kappa shape index (κ2) is 9.68. The third kappa shape index (κ3) is 4.87. The Bertz CT molecular complexity index is 1200. The molecule has 1 aliphatic heterocycles. The van der Waals surface area contributed by atoms with E-state index in [0.717, 1.165) is 4.88 Å². The highest BCUT2D eigenvalue weighted by Crippen LogP contribution is 2.29. The summed E-state index contributed by atoms with van der Waals surface area (Å²) < 4.78 is 46.3. The minimum Gasteiger partial charge on any atom is -0.379 e. The summed E-state index contributed by atoms with van der Waals surface area (Å²) in [6.45, 7) is 1.30. The molecule has 0 radical (unpaired) electrons. The fourth-order valence-corrected chi connectivity index (χ4v) is 5.98. The third-order valence-corrected chi connectivity index (χ3v) is 8.28. The van der Waals surface area contributed by atoms with Crippen LogP contribution in [0.5, 0.6) is 0 Å². The van der Waals surface area contributed by atoms with Gasteiger partial charge in [0.2, 0.25) is 10.0 Å². The van der Waals surface area contributed by atoms with Crippen molar-refractivity contribution in [2.24, 2.45) is 0 Å². The van der Waals surface area contributed by atoms with Crippen LogP contribution in [0.3, 0.4) is 0 Å². The summed E-state index contributed by atoms with van der Waals surface area (Å²) in [5.41, 5.74) is 0.666. The molecule has 3 aromatic rings. The summed E-state index contributed by atoms with van der Waals surface area (Å²) in [5, 5.41) is 1.94. The van der Waals surface area contributed by atoms with E-state index in [1.165, 1.54) is 63.0 Å². The number of ether oxygens (including phenoxy) is 1. The summed E-state index contributed by atoms with van der Waals surface area (Å²) in [6, 6.07) is 13.6. The van der Waals surface area contributed by atoms with Crippen LogP contribution in [0.2, 0.25) is 5.02 Å². The SMILES string of the molecule is O=C(c1ccc(Cl)c(S(=O)(=O)N2CCOCC2)c1)N(Cc1cccs1)c1ccc(F)cc1. The lowest BCUT2D eigenvalue weighted by Crippen LogP contribution is -2.40. The van der Waals surface area contributed by atoms with Gasteiger partial charge in [-0.3, -0.25) is 4.79 Å². The van der Waals surface area contributed by atoms with E-state index >= 15 is 0 Å². The zero-order valence-electron chi connectivity index (χ0n) is 16.9. The number of rotatable bonds is 6. The number of carbonyl (C=O) groups excluding carboxylic acids is 1. The number of carbonyl (C=O) groups is 1. The standard InChI is InChI=1S/C22H20ClFN2O4S2/c23-20-8-3-16(14-21(20)32(28,29)25-9-11-30-12-10-25)22(27)26(15-19-2-1-13-31-19)18-6-4-17(24)5-7-18/h1-8,13-14H,9-12,15H2. The van der Waals surface area contributed by atoms with Crippen molar-refractivity contribution in [3.8, 4) is 0 Å². The van der Waals surface area contributed by atoms with Gasteiger partial charge in [-0.1, -0.05) is 17.7 Å². The monoisotopic (exact) mass is 494 g/mol. The molecule has 0 saturated carbocycles. The Morgan fingerprint density at radius 1 is 1.12 bits per heavy atom. The molecular formula is C22H20ClFN2O4S2. The lowest BCUT2D eigenvalue weighted by atomic mass is 10.1. The number of morpholine rings is 1. The summed E-state index contributed by atoms with van der Waals surface area (Å²) in [7, 11) is -3.89. The first-order valence-electron chi connectivity index (χ1n) is 9.83. The maximum Gasteiger partial charge on any atom is 0.258 e. The zero-order valence-corrected chi connectivity index (χ0v) is 19.3. The fourth-order valence-electron chi connectivity index (χ4n) is 3.38. The van der Waals surface area contributed by atoms with Gasteiger partial charge in [0.05, 0.1) is 24.8 Å². The largest absolute Gasteiger partial charge is 0.379 e. The number of anilines is 1. The molecule has 1 saturated heterocycles. The van der Waals surface area contributed by atoms with E-state index in [0.29, 0.717) is 18.9 Å². The van der Waals surface area contributed by atoms with Gasteiger partial charge in [0.25, 0.3) is 5.91 Å². The average Bonchev–Trinajstić information content (AvgIpc) is 3.32. The minimum atomic E-state index is -3.89. The number of thiophene rings is 1. The molecule has 0 bridgehead atoms. The number of hydrogen-bond donors (Lipinski definition) is 0. The van der Waals surface area contributed by atoms with Gasteiger partial charge < -0.3 is 9.64 Å². The van der Waals surface area contributed by atoms with Crippen molar-refractivity contribution >= 4 is 44.6 Å². The van der Waals surface area contributed by atoms with Crippen molar-refractivity contribution in [1.29, 1.82) is 0 Å². The second-order valence-electron chi connectivity index (χ2n) is 7.11. The first kappa shape index (κ1) is 22.9. The second-order valence-corrected chi connectivity index (χ2v) is 10.5.